The summed E-state index contributed by atoms with van der Waals surface area (Å²) in [5, 5.41) is 7.93. The van der Waals surface area contributed by atoms with Crippen LogP contribution in [-0.4, -0.2) is 13.3 Å². The lowest BCUT2D eigenvalue weighted by Crippen LogP contribution is -2.36. The van der Waals surface area contributed by atoms with Crippen molar-refractivity contribution in [1.82, 2.24) is 5.32 Å². The summed E-state index contributed by atoms with van der Waals surface area (Å²) < 4.78 is 11.2. The standard InChI is InChI=1S/C16H15NO2S/c1-10-12(3-5-20-10)16-13-7-17-4-2-11(13)6-15-14(16)8-18-9-19-15/h2-3,5-7,17H,4,8-9H2,1H3. The van der Waals surface area contributed by atoms with Crippen molar-refractivity contribution in [2.75, 3.05) is 13.3 Å². The summed E-state index contributed by atoms with van der Waals surface area (Å²) in [6.45, 7) is 3.98. The number of thiophene rings is 1. The van der Waals surface area contributed by atoms with E-state index in [1.165, 1.54) is 26.4 Å². The average Bonchev–Trinajstić information content (AvgIpc) is 2.90. The Morgan fingerprint density at radius 1 is 1.35 bits per heavy atom. The molecule has 0 atom stereocenters. The summed E-state index contributed by atoms with van der Waals surface area (Å²) in [5.74, 6) is 0.960. The van der Waals surface area contributed by atoms with Crippen LogP contribution in [0.4, 0.5) is 0 Å². The normalized spacial score (nSPS) is 16.1. The van der Waals surface area contributed by atoms with E-state index in [2.05, 4.69) is 42.0 Å². The summed E-state index contributed by atoms with van der Waals surface area (Å²) in [7, 11) is 0. The van der Waals surface area contributed by atoms with Crippen molar-refractivity contribution in [1.29, 1.82) is 0 Å². The van der Waals surface area contributed by atoms with Crippen LogP contribution in [0, 0.1) is 6.92 Å². The van der Waals surface area contributed by atoms with Gasteiger partial charge in [-0.25, -0.2) is 0 Å². The van der Waals surface area contributed by atoms with E-state index < -0.39 is 0 Å². The summed E-state index contributed by atoms with van der Waals surface area (Å²) in [5.41, 5.74) is 3.69. The molecule has 4 heteroatoms. The van der Waals surface area contributed by atoms with Crippen LogP contribution in [0.1, 0.15) is 10.4 Å². The minimum absolute atomic E-state index is 0.343. The molecule has 1 aromatic heterocycles. The summed E-state index contributed by atoms with van der Waals surface area (Å²) in [6.07, 6.45) is 4.32. The predicted molar refractivity (Wildman–Crippen MR) is 81.0 cm³/mol. The first-order chi connectivity index (χ1) is 9.84. The van der Waals surface area contributed by atoms with Gasteiger partial charge >= 0.3 is 0 Å². The van der Waals surface area contributed by atoms with Gasteiger partial charge in [-0.1, -0.05) is 6.08 Å². The van der Waals surface area contributed by atoms with Gasteiger partial charge in [0.25, 0.3) is 0 Å². The van der Waals surface area contributed by atoms with E-state index in [-0.39, 0.29) is 0 Å². The van der Waals surface area contributed by atoms with Crippen LogP contribution < -0.4 is 20.5 Å². The quantitative estimate of drug-likeness (QED) is 0.865. The fourth-order valence-corrected chi connectivity index (χ4v) is 3.57. The van der Waals surface area contributed by atoms with Gasteiger partial charge in [-0.05, 0) is 35.2 Å². The molecule has 0 bridgehead atoms. The third-order valence-electron chi connectivity index (χ3n) is 3.82. The second-order valence-corrected chi connectivity index (χ2v) is 6.11. The summed E-state index contributed by atoms with van der Waals surface area (Å²) >= 11 is 1.77. The van der Waals surface area contributed by atoms with E-state index in [1.807, 2.05) is 0 Å². The van der Waals surface area contributed by atoms with Crippen molar-refractivity contribution in [3.05, 3.63) is 38.4 Å². The lowest BCUT2D eigenvalue weighted by atomic mass is 9.95. The van der Waals surface area contributed by atoms with Crippen molar-refractivity contribution in [3.63, 3.8) is 0 Å². The van der Waals surface area contributed by atoms with Crippen LogP contribution in [-0.2, 0) is 11.3 Å². The first-order valence-electron chi connectivity index (χ1n) is 6.69. The Morgan fingerprint density at radius 2 is 2.30 bits per heavy atom. The first kappa shape index (κ1) is 12.0. The van der Waals surface area contributed by atoms with Crippen molar-refractivity contribution in [3.8, 4) is 16.9 Å². The SMILES string of the molecule is Cc1sccc1-c1c2c(cc3c1=CNCC=3)OCOC2. The van der Waals surface area contributed by atoms with Crippen LogP contribution in [0.15, 0.2) is 17.5 Å². The van der Waals surface area contributed by atoms with Gasteiger partial charge in [0.1, 0.15) is 5.75 Å². The number of hydrogen-bond donors (Lipinski definition) is 1. The summed E-state index contributed by atoms with van der Waals surface area (Å²) in [4.78, 5) is 1.32. The number of aryl methyl sites for hydroxylation is 1. The molecule has 0 aliphatic carbocycles. The molecule has 4 rings (SSSR count). The molecule has 3 nitrogen and oxygen atoms in total. The number of hydrogen-bond acceptors (Lipinski definition) is 4. The molecule has 0 fully saturated rings. The van der Waals surface area contributed by atoms with Crippen molar-refractivity contribution in [2.24, 2.45) is 0 Å². The van der Waals surface area contributed by atoms with Gasteiger partial charge in [-0.2, -0.15) is 0 Å². The van der Waals surface area contributed by atoms with Gasteiger partial charge in [-0.15, -0.1) is 11.3 Å². The lowest BCUT2D eigenvalue weighted by Gasteiger charge is -2.22. The third-order valence-corrected chi connectivity index (χ3v) is 4.67. The van der Waals surface area contributed by atoms with E-state index in [9.17, 15) is 0 Å². The minimum atomic E-state index is 0.343. The molecule has 1 aromatic carbocycles. The van der Waals surface area contributed by atoms with Crippen LogP contribution in [0.3, 0.4) is 0 Å². The molecule has 2 aliphatic heterocycles. The molecule has 0 unspecified atom stereocenters. The Hall–Kier alpha value is -1.78. The number of fused-ring (bicyclic) bond motifs is 2. The molecule has 20 heavy (non-hydrogen) atoms. The maximum Gasteiger partial charge on any atom is 0.189 e. The fourth-order valence-electron chi connectivity index (χ4n) is 2.86. The number of ether oxygens (including phenoxy) is 2. The Bertz CT molecular complexity index is 792. The zero-order chi connectivity index (χ0) is 13.5. The Labute approximate surface area is 121 Å². The smallest absolute Gasteiger partial charge is 0.189 e. The Morgan fingerprint density at radius 3 is 3.15 bits per heavy atom. The molecule has 0 spiro atoms. The van der Waals surface area contributed by atoms with Crippen LogP contribution in [0.5, 0.6) is 5.75 Å². The minimum Gasteiger partial charge on any atom is -0.467 e. The highest BCUT2D eigenvalue weighted by atomic mass is 32.1. The van der Waals surface area contributed by atoms with Gasteiger partial charge in [-0.3, -0.25) is 0 Å². The number of nitrogens with one attached hydrogen (secondary N) is 1. The molecule has 2 aromatic rings. The largest absolute Gasteiger partial charge is 0.467 e. The van der Waals surface area contributed by atoms with Crippen LogP contribution >= 0.6 is 11.3 Å². The average molecular weight is 285 g/mol. The molecule has 0 amide bonds. The number of rotatable bonds is 1. The van der Waals surface area contributed by atoms with Gasteiger partial charge in [0.15, 0.2) is 6.79 Å². The van der Waals surface area contributed by atoms with Gasteiger partial charge in [0, 0.05) is 34.0 Å². The van der Waals surface area contributed by atoms with Crippen molar-refractivity contribution in [2.45, 2.75) is 13.5 Å². The van der Waals surface area contributed by atoms with Gasteiger partial charge in [0.05, 0.1) is 6.61 Å². The second-order valence-electron chi connectivity index (χ2n) is 4.99. The Balaban J connectivity index is 2.13. The van der Waals surface area contributed by atoms with Crippen molar-refractivity contribution < 1.29 is 9.47 Å². The van der Waals surface area contributed by atoms with Gasteiger partial charge in [0.2, 0.25) is 0 Å². The maximum absolute atomic E-state index is 5.69. The Kier molecular flexibility index (Phi) is 2.79. The molecular weight excluding hydrogens is 270 g/mol. The van der Waals surface area contributed by atoms with Gasteiger partial charge < -0.3 is 14.8 Å². The van der Waals surface area contributed by atoms with Crippen LogP contribution in [0.2, 0.25) is 0 Å². The molecule has 0 saturated carbocycles. The van der Waals surface area contributed by atoms with Crippen molar-refractivity contribution >= 4 is 23.6 Å². The zero-order valence-corrected chi connectivity index (χ0v) is 12.0. The monoisotopic (exact) mass is 285 g/mol. The highest BCUT2D eigenvalue weighted by Gasteiger charge is 2.20. The highest BCUT2D eigenvalue weighted by Crippen LogP contribution is 2.33. The van der Waals surface area contributed by atoms with E-state index in [4.69, 9.17) is 9.47 Å². The zero-order valence-electron chi connectivity index (χ0n) is 11.2. The molecule has 0 radical (unpaired) electrons. The molecule has 102 valence electrons. The topological polar surface area (TPSA) is 30.5 Å². The molecule has 0 saturated heterocycles. The molecule has 3 heterocycles. The second kappa shape index (κ2) is 4.65. The summed E-state index contributed by atoms with van der Waals surface area (Å²) in [6, 6.07) is 4.32. The third kappa shape index (κ3) is 1.76. The van der Waals surface area contributed by atoms with E-state index >= 15 is 0 Å². The van der Waals surface area contributed by atoms with E-state index in [0.29, 0.717) is 13.4 Å². The van der Waals surface area contributed by atoms with E-state index in [0.717, 1.165) is 17.9 Å². The van der Waals surface area contributed by atoms with Crippen LogP contribution in [0.25, 0.3) is 23.4 Å². The number of benzene rings is 1. The molecule has 1 N–H and O–H groups in total. The fraction of sp³-hybridized carbons (Fsp3) is 0.250. The lowest BCUT2D eigenvalue weighted by molar-refractivity contribution is -0.0161. The first-order valence-corrected chi connectivity index (χ1v) is 7.57. The predicted octanol–water partition coefficient (Wildman–Crippen LogP) is 1.71. The molecular formula is C16H15NO2S. The molecule has 2 aliphatic rings. The highest BCUT2D eigenvalue weighted by molar-refractivity contribution is 7.10. The van der Waals surface area contributed by atoms with E-state index in [1.54, 1.807) is 11.3 Å². The maximum atomic E-state index is 5.69.